The third kappa shape index (κ3) is 3.57. The number of Topliss-reactive ketones (excluding diaryl/α,β-unsaturated/α-hetero) is 1. The molecule has 5 nitrogen and oxygen atoms in total. The molecule has 0 unspecified atom stereocenters. The Bertz CT molecular complexity index is 936. The minimum absolute atomic E-state index is 0.00315. The summed E-state index contributed by atoms with van der Waals surface area (Å²) >= 11 is 0. The largest absolute Gasteiger partial charge is 0.466 e. The summed E-state index contributed by atoms with van der Waals surface area (Å²) in [6, 6.07) is 11.2. The van der Waals surface area contributed by atoms with Crippen LogP contribution in [0.4, 0.5) is 0 Å². The van der Waals surface area contributed by atoms with Crippen molar-refractivity contribution in [2.24, 2.45) is 0 Å². The molecule has 2 heterocycles. The van der Waals surface area contributed by atoms with Crippen LogP contribution >= 0.6 is 0 Å². The average molecular weight is 352 g/mol. The van der Waals surface area contributed by atoms with Crippen LogP contribution in [0, 0.1) is 6.92 Å². The van der Waals surface area contributed by atoms with E-state index in [1.165, 1.54) is 0 Å². The minimum atomic E-state index is -0.355. The molecule has 2 aromatic heterocycles. The van der Waals surface area contributed by atoms with Gasteiger partial charge >= 0.3 is 0 Å². The predicted octanol–water partition coefficient (Wildman–Crippen LogP) is 4.06. The van der Waals surface area contributed by atoms with E-state index in [-0.39, 0.29) is 17.7 Å². The van der Waals surface area contributed by atoms with Crippen molar-refractivity contribution in [2.75, 3.05) is 6.54 Å². The number of fused-ring (bicyclic) bond motifs is 1. The molecule has 0 fully saturated rings. The Balaban J connectivity index is 1.78. The number of hydrogen-bond donors (Lipinski definition) is 1. The summed E-state index contributed by atoms with van der Waals surface area (Å²) < 4.78 is 7.45. The molecule has 0 bridgehead atoms. The van der Waals surface area contributed by atoms with Crippen LogP contribution < -0.4 is 5.32 Å². The molecule has 0 radical (unpaired) electrons. The van der Waals surface area contributed by atoms with Gasteiger partial charge in [0.15, 0.2) is 5.78 Å². The first-order valence-corrected chi connectivity index (χ1v) is 8.94. The lowest BCUT2D eigenvalue weighted by Gasteiger charge is -2.18. The molecule has 0 saturated heterocycles. The number of rotatable bonds is 7. The lowest BCUT2D eigenvalue weighted by Crippen LogP contribution is -2.33. The molecular formula is C21H24N2O3. The molecule has 136 valence electrons. The van der Waals surface area contributed by atoms with Crippen molar-refractivity contribution in [1.82, 2.24) is 9.88 Å². The SMILES string of the molecule is CC[C@H](C(=O)NCCc1ccc(C)o1)n1cc(C(C)=O)c2ccccc21. The molecule has 5 heteroatoms. The Labute approximate surface area is 153 Å². The van der Waals surface area contributed by atoms with Crippen LogP contribution in [-0.4, -0.2) is 22.8 Å². The number of amides is 1. The zero-order valence-electron chi connectivity index (χ0n) is 15.4. The summed E-state index contributed by atoms with van der Waals surface area (Å²) in [4.78, 5) is 24.7. The molecule has 1 atom stereocenters. The molecule has 1 amide bonds. The Morgan fingerprint density at radius 1 is 1.19 bits per heavy atom. The van der Waals surface area contributed by atoms with Crippen molar-refractivity contribution in [3.05, 3.63) is 59.7 Å². The quantitative estimate of drug-likeness (QED) is 0.652. The Hall–Kier alpha value is -2.82. The predicted molar refractivity (Wildman–Crippen MR) is 101 cm³/mol. The maximum Gasteiger partial charge on any atom is 0.243 e. The second-order valence-corrected chi connectivity index (χ2v) is 6.50. The Morgan fingerprint density at radius 3 is 2.62 bits per heavy atom. The molecule has 3 rings (SSSR count). The highest BCUT2D eigenvalue weighted by Gasteiger charge is 2.22. The van der Waals surface area contributed by atoms with Gasteiger partial charge < -0.3 is 14.3 Å². The lowest BCUT2D eigenvalue weighted by atomic mass is 10.1. The fourth-order valence-corrected chi connectivity index (χ4v) is 3.30. The maximum absolute atomic E-state index is 12.7. The number of furan rings is 1. The molecule has 3 aromatic rings. The van der Waals surface area contributed by atoms with Gasteiger partial charge in [-0.2, -0.15) is 0 Å². The first-order valence-electron chi connectivity index (χ1n) is 8.94. The summed E-state index contributed by atoms with van der Waals surface area (Å²) in [5, 5.41) is 3.87. The number of aryl methyl sites for hydroxylation is 1. The zero-order valence-corrected chi connectivity index (χ0v) is 15.4. The fourth-order valence-electron chi connectivity index (χ4n) is 3.30. The first kappa shape index (κ1) is 18.0. The van der Waals surface area contributed by atoms with Gasteiger partial charge in [-0.25, -0.2) is 0 Å². The van der Waals surface area contributed by atoms with Gasteiger partial charge in [-0.05, 0) is 38.5 Å². The van der Waals surface area contributed by atoms with Gasteiger partial charge in [0.05, 0.1) is 0 Å². The molecule has 0 aliphatic heterocycles. The Kier molecular flexibility index (Phi) is 5.26. The van der Waals surface area contributed by atoms with Gasteiger partial charge in [-0.3, -0.25) is 9.59 Å². The van der Waals surface area contributed by atoms with Crippen molar-refractivity contribution in [1.29, 1.82) is 0 Å². The Morgan fingerprint density at radius 2 is 1.96 bits per heavy atom. The van der Waals surface area contributed by atoms with Crippen LogP contribution in [0.3, 0.4) is 0 Å². The fraction of sp³-hybridized carbons (Fsp3) is 0.333. The molecule has 0 saturated carbocycles. The lowest BCUT2D eigenvalue weighted by molar-refractivity contribution is -0.124. The van der Waals surface area contributed by atoms with Crippen LogP contribution in [-0.2, 0) is 11.2 Å². The van der Waals surface area contributed by atoms with E-state index < -0.39 is 0 Å². The normalized spacial score (nSPS) is 12.3. The smallest absolute Gasteiger partial charge is 0.243 e. The highest BCUT2D eigenvalue weighted by atomic mass is 16.3. The highest BCUT2D eigenvalue weighted by Crippen LogP contribution is 2.26. The van der Waals surface area contributed by atoms with E-state index in [1.807, 2.05) is 54.8 Å². The zero-order chi connectivity index (χ0) is 18.7. The number of nitrogens with zero attached hydrogens (tertiary/aromatic N) is 1. The molecular weight excluding hydrogens is 328 g/mol. The second-order valence-electron chi connectivity index (χ2n) is 6.50. The van der Waals surface area contributed by atoms with Crippen LogP contribution in [0.2, 0.25) is 0 Å². The number of hydrogen-bond acceptors (Lipinski definition) is 3. The van der Waals surface area contributed by atoms with Crippen molar-refractivity contribution in [3.8, 4) is 0 Å². The molecule has 0 spiro atoms. The molecule has 1 N–H and O–H groups in total. The summed E-state index contributed by atoms with van der Waals surface area (Å²) in [7, 11) is 0. The van der Waals surface area contributed by atoms with Crippen molar-refractivity contribution in [2.45, 2.75) is 39.7 Å². The van der Waals surface area contributed by atoms with Crippen LogP contribution in [0.1, 0.15) is 48.2 Å². The van der Waals surface area contributed by atoms with Crippen molar-refractivity contribution >= 4 is 22.6 Å². The maximum atomic E-state index is 12.7. The standard InChI is InChI=1S/C21H24N2O3/c1-4-19(21(25)22-12-11-16-10-9-14(2)26-16)23-13-18(15(3)24)17-7-5-6-8-20(17)23/h5-10,13,19H,4,11-12H2,1-3H3,(H,22,25)/t19-/m1/s1. The van der Waals surface area contributed by atoms with Gasteiger partial charge in [0, 0.05) is 35.6 Å². The number of nitrogens with one attached hydrogen (secondary N) is 1. The van der Waals surface area contributed by atoms with Gasteiger partial charge in [-0.15, -0.1) is 0 Å². The highest BCUT2D eigenvalue weighted by molar-refractivity contribution is 6.07. The van der Waals surface area contributed by atoms with E-state index in [9.17, 15) is 9.59 Å². The number of benzene rings is 1. The van der Waals surface area contributed by atoms with E-state index >= 15 is 0 Å². The van der Waals surface area contributed by atoms with Gasteiger partial charge in [-0.1, -0.05) is 25.1 Å². The van der Waals surface area contributed by atoms with Crippen LogP contribution in [0.15, 0.2) is 47.0 Å². The monoisotopic (exact) mass is 352 g/mol. The van der Waals surface area contributed by atoms with Crippen molar-refractivity contribution in [3.63, 3.8) is 0 Å². The summed E-state index contributed by atoms with van der Waals surface area (Å²) in [6.07, 6.45) is 3.10. The average Bonchev–Trinajstić information content (AvgIpc) is 3.20. The van der Waals surface area contributed by atoms with Gasteiger partial charge in [0.25, 0.3) is 0 Å². The first-order chi connectivity index (χ1) is 12.5. The summed E-state index contributed by atoms with van der Waals surface area (Å²) in [6.45, 7) is 5.95. The van der Waals surface area contributed by atoms with E-state index in [2.05, 4.69) is 5.32 Å². The topological polar surface area (TPSA) is 64.2 Å². The van der Waals surface area contributed by atoms with Crippen molar-refractivity contribution < 1.29 is 14.0 Å². The number of carbonyl (C=O) groups is 2. The minimum Gasteiger partial charge on any atom is -0.466 e. The van der Waals surface area contributed by atoms with Gasteiger partial charge in [0.2, 0.25) is 5.91 Å². The summed E-state index contributed by atoms with van der Waals surface area (Å²) in [5.74, 6) is 1.68. The molecule has 26 heavy (non-hydrogen) atoms. The van der Waals surface area contributed by atoms with Crippen LogP contribution in [0.25, 0.3) is 10.9 Å². The summed E-state index contributed by atoms with van der Waals surface area (Å²) in [5.41, 5.74) is 1.55. The van der Waals surface area contributed by atoms with E-state index in [1.54, 1.807) is 13.1 Å². The third-order valence-electron chi connectivity index (χ3n) is 4.61. The number of ketones is 1. The van der Waals surface area contributed by atoms with Gasteiger partial charge in [0.1, 0.15) is 17.6 Å². The van der Waals surface area contributed by atoms with Crippen LogP contribution in [0.5, 0.6) is 0 Å². The second kappa shape index (κ2) is 7.60. The number of para-hydroxylation sites is 1. The molecule has 0 aliphatic rings. The number of carbonyl (C=O) groups excluding carboxylic acids is 2. The van der Waals surface area contributed by atoms with E-state index in [0.717, 1.165) is 22.4 Å². The van der Waals surface area contributed by atoms with E-state index in [0.29, 0.717) is 24.9 Å². The van der Waals surface area contributed by atoms with E-state index in [4.69, 9.17) is 4.42 Å². The third-order valence-corrected chi connectivity index (χ3v) is 4.61. The number of aromatic nitrogens is 1. The molecule has 1 aromatic carbocycles. The molecule has 0 aliphatic carbocycles.